The average Bonchev–Trinajstić information content (AvgIpc) is 2.86. The van der Waals surface area contributed by atoms with Gasteiger partial charge in [-0.2, -0.15) is 0 Å². The number of carbonyl (C=O) groups is 1. The van der Waals surface area contributed by atoms with E-state index in [2.05, 4.69) is 26.6 Å². The van der Waals surface area contributed by atoms with E-state index in [0.717, 1.165) is 29.4 Å². The number of amides is 1. The van der Waals surface area contributed by atoms with Gasteiger partial charge in [-0.15, -0.1) is 0 Å². The number of alkyl carbamates (subject to hydrolysis) is 1. The third-order valence-electron chi connectivity index (χ3n) is 3.84. The Bertz CT molecular complexity index is 560. The fourth-order valence-corrected chi connectivity index (χ4v) is 3.30. The summed E-state index contributed by atoms with van der Waals surface area (Å²) in [5, 5.41) is 7.14. The summed E-state index contributed by atoms with van der Waals surface area (Å²) in [4.78, 5) is 11.8. The van der Waals surface area contributed by atoms with E-state index in [9.17, 15) is 4.79 Å². The number of hydrogen-bond donors (Lipinski definition) is 2. The summed E-state index contributed by atoms with van der Waals surface area (Å²) in [5.74, 6) is 0.400. The summed E-state index contributed by atoms with van der Waals surface area (Å²) >= 11 is 9.47. The molecule has 1 aromatic rings. The van der Waals surface area contributed by atoms with Gasteiger partial charge >= 0.3 is 6.09 Å². The number of halogens is 2. The maximum atomic E-state index is 11.8. The number of anilines is 1. The molecule has 0 heterocycles. The van der Waals surface area contributed by atoms with Crippen molar-refractivity contribution in [3.05, 3.63) is 27.7 Å². The van der Waals surface area contributed by atoms with Crippen LogP contribution in [-0.4, -0.2) is 24.3 Å². The lowest BCUT2D eigenvalue weighted by atomic mass is 10.0. The van der Waals surface area contributed by atoms with Crippen LogP contribution in [0, 0.1) is 5.92 Å². The van der Waals surface area contributed by atoms with Crippen molar-refractivity contribution < 1.29 is 9.53 Å². The zero-order chi connectivity index (χ0) is 17.0. The van der Waals surface area contributed by atoms with Gasteiger partial charge in [0.05, 0.1) is 5.02 Å². The van der Waals surface area contributed by atoms with Gasteiger partial charge in [-0.25, -0.2) is 4.79 Å². The van der Waals surface area contributed by atoms with Crippen molar-refractivity contribution in [2.45, 2.75) is 51.7 Å². The molecule has 6 heteroatoms. The van der Waals surface area contributed by atoms with Crippen LogP contribution in [0.1, 0.15) is 40.0 Å². The predicted molar refractivity (Wildman–Crippen MR) is 98.1 cm³/mol. The molecule has 1 aliphatic rings. The molecule has 0 saturated heterocycles. The van der Waals surface area contributed by atoms with E-state index >= 15 is 0 Å². The number of ether oxygens (including phenoxy) is 1. The minimum absolute atomic E-state index is 0.345. The van der Waals surface area contributed by atoms with Crippen LogP contribution in [0.5, 0.6) is 0 Å². The van der Waals surface area contributed by atoms with Crippen LogP contribution in [-0.2, 0) is 4.74 Å². The molecule has 1 aromatic carbocycles. The normalized spacial score (nSPS) is 21.1. The number of hydrogen-bond acceptors (Lipinski definition) is 3. The van der Waals surface area contributed by atoms with Crippen molar-refractivity contribution in [1.82, 2.24) is 5.32 Å². The summed E-state index contributed by atoms with van der Waals surface area (Å²) in [6.45, 7) is 6.22. The number of rotatable bonds is 4. The molecule has 0 spiro atoms. The second-order valence-corrected chi connectivity index (χ2v) is 8.22. The molecule has 2 unspecified atom stereocenters. The Morgan fingerprint density at radius 3 is 2.78 bits per heavy atom. The summed E-state index contributed by atoms with van der Waals surface area (Å²) in [7, 11) is 0. The highest BCUT2D eigenvalue weighted by atomic mass is 79.9. The quantitative estimate of drug-likeness (QED) is 0.725. The zero-order valence-electron chi connectivity index (χ0n) is 13.8. The Balaban J connectivity index is 1.87. The van der Waals surface area contributed by atoms with Gasteiger partial charge < -0.3 is 15.4 Å². The molecule has 1 amide bonds. The van der Waals surface area contributed by atoms with Crippen LogP contribution < -0.4 is 10.6 Å². The summed E-state index contributed by atoms with van der Waals surface area (Å²) in [6.07, 6.45) is 3.01. The summed E-state index contributed by atoms with van der Waals surface area (Å²) < 4.78 is 6.17. The van der Waals surface area contributed by atoms with Crippen LogP contribution in [0.3, 0.4) is 0 Å². The molecule has 2 rings (SSSR count). The largest absolute Gasteiger partial charge is 0.444 e. The Labute approximate surface area is 151 Å². The molecule has 0 aromatic heterocycles. The first kappa shape index (κ1) is 18.4. The molecule has 0 radical (unpaired) electrons. The SMILES string of the molecule is CC(C)(C)OC(=O)NCC1CCCC1Nc1ccc(Cl)c(Br)c1. The highest BCUT2D eigenvalue weighted by molar-refractivity contribution is 9.10. The smallest absolute Gasteiger partial charge is 0.407 e. The first-order chi connectivity index (χ1) is 10.7. The van der Waals surface area contributed by atoms with Crippen molar-refractivity contribution in [2.24, 2.45) is 5.92 Å². The van der Waals surface area contributed by atoms with Crippen molar-refractivity contribution in [2.75, 3.05) is 11.9 Å². The second kappa shape index (κ2) is 7.75. The molecule has 2 atom stereocenters. The standard InChI is InChI=1S/C17H24BrClN2O2/c1-17(2,3)23-16(22)20-10-11-5-4-6-15(11)21-12-7-8-14(19)13(18)9-12/h7-9,11,15,21H,4-6,10H2,1-3H3,(H,20,22). The molecule has 1 saturated carbocycles. The average molecular weight is 404 g/mol. The first-order valence-corrected chi connectivity index (χ1v) is 9.10. The zero-order valence-corrected chi connectivity index (χ0v) is 16.1. The van der Waals surface area contributed by atoms with Crippen molar-refractivity contribution in [3.63, 3.8) is 0 Å². The third kappa shape index (κ3) is 5.88. The molecule has 0 bridgehead atoms. The molecule has 0 aliphatic heterocycles. The van der Waals surface area contributed by atoms with Crippen LogP contribution in [0.25, 0.3) is 0 Å². The van der Waals surface area contributed by atoms with Crippen LogP contribution in [0.4, 0.5) is 10.5 Å². The molecular weight excluding hydrogens is 380 g/mol. The van der Waals surface area contributed by atoms with Crippen molar-refractivity contribution in [3.8, 4) is 0 Å². The Morgan fingerprint density at radius 1 is 1.39 bits per heavy atom. The second-order valence-electron chi connectivity index (χ2n) is 6.95. The number of nitrogens with one attached hydrogen (secondary N) is 2. The van der Waals surface area contributed by atoms with Crippen LogP contribution >= 0.6 is 27.5 Å². The monoisotopic (exact) mass is 402 g/mol. The highest BCUT2D eigenvalue weighted by Crippen LogP contribution is 2.31. The molecule has 23 heavy (non-hydrogen) atoms. The van der Waals surface area contributed by atoms with Gasteiger partial charge in [-0.3, -0.25) is 0 Å². The molecule has 1 aliphatic carbocycles. The van der Waals surface area contributed by atoms with Crippen LogP contribution in [0.2, 0.25) is 5.02 Å². The Hall–Kier alpha value is -0.940. The van der Waals surface area contributed by atoms with E-state index in [1.165, 1.54) is 0 Å². The van der Waals surface area contributed by atoms with Gasteiger partial charge in [0.25, 0.3) is 0 Å². The highest BCUT2D eigenvalue weighted by Gasteiger charge is 2.28. The minimum Gasteiger partial charge on any atom is -0.444 e. The lowest BCUT2D eigenvalue weighted by Gasteiger charge is -2.24. The van der Waals surface area contributed by atoms with Gasteiger partial charge in [0.1, 0.15) is 5.60 Å². The van der Waals surface area contributed by atoms with E-state index < -0.39 is 5.60 Å². The fraction of sp³-hybridized carbons (Fsp3) is 0.588. The lowest BCUT2D eigenvalue weighted by Crippen LogP contribution is -2.38. The maximum absolute atomic E-state index is 11.8. The van der Waals surface area contributed by atoms with Gasteiger partial charge in [0.2, 0.25) is 0 Å². The number of benzene rings is 1. The Kier molecular flexibility index (Phi) is 6.20. The molecule has 4 nitrogen and oxygen atoms in total. The van der Waals surface area contributed by atoms with E-state index in [0.29, 0.717) is 23.5 Å². The van der Waals surface area contributed by atoms with E-state index in [1.807, 2.05) is 39.0 Å². The lowest BCUT2D eigenvalue weighted by molar-refractivity contribution is 0.0519. The van der Waals surface area contributed by atoms with Crippen molar-refractivity contribution in [1.29, 1.82) is 0 Å². The summed E-state index contributed by atoms with van der Waals surface area (Å²) in [5.41, 5.74) is 0.572. The van der Waals surface area contributed by atoms with Gasteiger partial charge in [-0.05, 0) is 73.7 Å². The predicted octanol–water partition coefficient (Wildman–Crippen LogP) is 5.21. The molecular formula is C17H24BrClN2O2. The minimum atomic E-state index is -0.465. The maximum Gasteiger partial charge on any atom is 0.407 e. The first-order valence-electron chi connectivity index (χ1n) is 7.93. The van der Waals surface area contributed by atoms with Crippen molar-refractivity contribution >= 4 is 39.3 Å². The van der Waals surface area contributed by atoms with E-state index in [-0.39, 0.29) is 6.09 Å². The van der Waals surface area contributed by atoms with E-state index in [4.69, 9.17) is 16.3 Å². The van der Waals surface area contributed by atoms with Crippen LogP contribution in [0.15, 0.2) is 22.7 Å². The van der Waals surface area contributed by atoms with Gasteiger partial charge in [0.15, 0.2) is 0 Å². The number of carbonyl (C=O) groups excluding carboxylic acids is 1. The third-order valence-corrected chi connectivity index (χ3v) is 5.05. The van der Waals surface area contributed by atoms with Gasteiger partial charge in [-0.1, -0.05) is 18.0 Å². The van der Waals surface area contributed by atoms with E-state index in [1.54, 1.807) is 0 Å². The van der Waals surface area contributed by atoms with Gasteiger partial charge in [0, 0.05) is 22.7 Å². The molecule has 2 N–H and O–H groups in total. The summed E-state index contributed by atoms with van der Waals surface area (Å²) in [6, 6.07) is 6.18. The molecule has 1 fully saturated rings. The fourth-order valence-electron chi connectivity index (χ4n) is 2.80. The topological polar surface area (TPSA) is 50.4 Å². The Morgan fingerprint density at radius 2 is 2.13 bits per heavy atom. The molecule has 128 valence electrons.